The van der Waals surface area contributed by atoms with Crippen molar-refractivity contribution in [2.24, 2.45) is 16.8 Å². The van der Waals surface area contributed by atoms with Gasteiger partial charge in [-0.3, -0.25) is 4.99 Å². The van der Waals surface area contributed by atoms with Crippen LogP contribution in [-0.2, 0) is 15.9 Å². The van der Waals surface area contributed by atoms with Crippen molar-refractivity contribution in [3.63, 3.8) is 0 Å². The van der Waals surface area contributed by atoms with Gasteiger partial charge in [0.25, 0.3) is 0 Å². The largest absolute Gasteiger partial charge is 0.382 e. The fourth-order valence-corrected chi connectivity index (χ4v) is 4.50. The van der Waals surface area contributed by atoms with E-state index in [-0.39, 0.29) is 6.10 Å². The molecule has 1 heterocycles. The van der Waals surface area contributed by atoms with E-state index in [0.717, 1.165) is 50.0 Å². The van der Waals surface area contributed by atoms with Gasteiger partial charge in [-0.2, -0.15) is 0 Å². The molecule has 4 unspecified atom stereocenters. The minimum Gasteiger partial charge on any atom is -0.382 e. The fraction of sp³-hybridized carbons (Fsp3) is 0.632. The number of methoxy groups -OCH3 is 1. The molecule has 1 aliphatic heterocycles. The van der Waals surface area contributed by atoms with Crippen LogP contribution in [-0.4, -0.2) is 64.0 Å². The van der Waals surface area contributed by atoms with Crippen LogP contribution in [0.4, 0.5) is 0 Å². The molecule has 4 rings (SSSR count). The molecular formula is C19H27N3O2. The first kappa shape index (κ1) is 15.9. The summed E-state index contributed by atoms with van der Waals surface area (Å²) in [7, 11) is 3.59. The zero-order valence-corrected chi connectivity index (χ0v) is 14.6. The molecule has 1 aromatic carbocycles. The highest BCUT2D eigenvalue weighted by Gasteiger charge is 2.55. The highest BCUT2D eigenvalue weighted by Crippen LogP contribution is 2.60. The number of nitrogens with zero attached hydrogens (tertiary/aromatic N) is 2. The summed E-state index contributed by atoms with van der Waals surface area (Å²) in [6.45, 7) is 4.12. The number of aliphatic imine (C=N–C) groups is 1. The zero-order valence-electron chi connectivity index (χ0n) is 14.6. The van der Waals surface area contributed by atoms with Gasteiger partial charge in [-0.15, -0.1) is 0 Å². The predicted molar refractivity (Wildman–Crippen MR) is 94.4 cm³/mol. The molecule has 1 saturated heterocycles. The summed E-state index contributed by atoms with van der Waals surface area (Å²) < 4.78 is 11.0. The van der Waals surface area contributed by atoms with Crippen molar-refractivity contribution in [3.8, 4) is 0 Å². The van der Waals surface area contributed by atoms with Gasteiger partial charge in [0.1, 0.15) is 0 Å². The third kappa shape index (κ3) is 2.91. The van der Waals surface area contributed by atoms with Gasteiger partial charge in [0, 0.05) is 33.8 Å². The van der Waals surface area contributed by atoms with Gasteiger partial charge < -0.3 is 19.7 Å². The lowest BCUT2D eigenvalue weighted by atomic mass is 10.0. The van der Waals surface area contributed by atoms with E-state index < -0.39 is 0 Å². The smallest absolute Gasteiger partial charge is 0.193 e. The van der Waals surface area contributed by atoms with Crippen LogP contribution in [0.1, 0.15) is 17.0 Å². The molecule has 2 fully saturated rings. The summed E-state index contributed by atoms with van der Waals surface area (Å²) >= 11 is 0. The van der Waals surface area contributed by atoms with Crippen molar-refractivity contribution >= 4 is 5.96 Å². The molecule has 0 spiro atoms. The molecule has 0 amide bonds. The van der Waals surface area contributed by atoms with Crippen molar-refractivity contribution in [3.05, 3.63) is 35.4 Å². The Morgan fingerprint density at radius 1 is 1.42 bits per heavy atom. The number of rotatable bonds is 4. The molecule has 130 valence electrons. The minimum atomic E-state index is 0.134. The second-order valence-corrected chi connectivity index (χ2v) is 7.08. The number of ether oxygens (including phenoxy) is 2. The van der Waals surface area contributed by atoms with Gasteiger partial charge in [-0.1, -0.05) is 24.3 Å². The minimum absolute atomic E-state index is 0.134. The molecule has 4 atom stereocenters. The number of nitrogens with one attached hydrogen (secondary N) is 1. The Labute approximate surface area is 144 Å². The number of hydrogen-bond acceptors (Lipinski definition) is 3. The molecule has 5 heteroatoms. The third-order valence-electron chi connectivity index (χ3n) is 5.70. The Hall–Kier alpha value is -1.59. The average molecular weight is 329 g/mol. The van der Waals surface area contributed by atoms with Crippen LogP contribution in [0, 0.1) is 11.8 Å². The first-order valence-corrected chi connectivity index (χ1v) is 8.95. The maximum atomic E-state index is 5.73. The lowest BCUT2D eigenvalue weighted by Crippen LogP contribution is -2.51. The number of fused-ring (bicyclic) bond motifs is 3. The zero-order chi connectivity index (χ0) is 16.5. The van der Waals surface area contributed by atoms with E-state index >= 15 is 0 Å². The van der Waals surface area contributed by atoms with Crippen molar-refractivity contribution in [1.82, 2.24) is 10.2 Å². The maximum Gasteiger partial charge on any atom is 0.193 e. The molecule has 0 bridgehead atoms. The summed E-state index contributed by atoms with van der Waals surface area (Å²) in [5.74, 6) is 3.35. The number of hydrogen-bond donors (Lipinski definition) is 1. The summed E-state index contributed by atoms with van der Waals surface area (Å²) in [6.07, 6.45) is 1.38. The van der Waals surface area contributed by atoms with Crippen LogP contribution in [0.25, 0.3) is 0 Å². The first-order chi connectivity index (χ1) is 11.8. The predicted octanol–water partition coefficient (Wildman–Crippen LogP) is 1.49. The third-order valence-corrected chi connectivity index (χ3v) is 5.70. The fourth-order valence-electron chi connectivity index (χ4n) is 4.50. The van der Waals surface area contributed by atoms with Gasteiger partial charge in [0.2, 0.25) is 0 Å². The van der Waals surface area contributed by atoms with Crippen LogP contribution < -0.4 is 5.32 Å². The highest BCUT2D eigenvalue weighted by molar-refractivity contribution is 5.80. The highest BCUT2D eigenvalue weighted by atomic mass is 16.5. The van der Waals surface area contributed by atoms with Crippen molar-refractivity contribution in [1.29, 1.82) is 0 Å². The van der Waals surface area contributed by atoms with Crippen LogP contribution in [0.3, 0.4) is 0 Å². The molecule has 24 heavy (non-hydrogen) atoms. The Morgan fingerprint density at radius 2 is 2.29 bits per heavy atom. The van der Waals surface area contributed by atoms with Crippen molar-refractivity contribution in [2.45, 2.75) is 18.4 Å². The Kier molecular flexibility index (Phi) is 4.46. The monoisotopic (exact) mass is 329 g/mol. The molecule has 3 aliphatic rings. The lowest BCUT2D eigenvalue weighted by Gasteiger charge is -2.34. The summed E-state index contributed by atoms with van der Waals surface area (Å²) in [5, 5.41) is 3.60. The second-order valence-electron chi connectivity index (χ2n) is 7.08. The Morgan fingerprint density at radius 3 is 3.12 bits per heavy atom. The molecule has 2 aliphatic carbocycles. The van der Waals surface area contributed by atoms with Crippen LogP contribution >= 0.6 is 0 Å². The second kappa shape index (κ2) is 6.73. The summed E-state index contributed by atoms with van der Waals surface area (Å²) in [6, 6.07) is 8.93. The lowest BCUT2D eigenvalue weighted by molar-refractivity contribution is -0.0447. The molecule has 5 nitrogen and oxygen atoms in total. The van der Waals surface area contributed by atoms with E-state index in [1.165, 1.54) is 6.42 Å². The van der Waals surface area contributed by atoms with E-state index in [4.69, 9.17) is 9.47 Å². The number of morpholine rings is 1. The van der Waals surface area contributed by atoms with Crippen molar-refractivity contribution in [2.75, 3.05) is 47.0 Å². The number of benzene rings is 1. The van der Waals surface area contributed by atoms with Gasteiger partial charge >= 0.3 is 0 Å². The SMILES string of the molecule is CN=C(NCC1C2Cc3ccccc3C12)N1CCOC(COC)C1. The standard InChI is InChI=1S/C19H27N3O2/c1-20-19(22-7-8-24-14(11-22)12-23-2)21-10-17-16-9-13-5-3-4-6-15(13)18(16)17/h3-6,14,16-18H,7-12H2,1-2H3,(H,20,21). The first-order valence-electron chi connectivity index (χ1n) is 8.95. The average Bonchev–Trinajstić information content (AvgIpc) is 3.14. The molecule has 1 saturated carbocycles. The summed E-state index contributed by atoms with van der Waals surface area (Å²) in [4.78, 5) is 6.77. The van der Waals surface area contributed by atoms with E-state index in [2.05, 4.69) is 39.5 Å². The number of guanidine groups is 1. The van der Waals surface area contributed by atoms with Crippen LogP contribution in [0.15, 0.2) is 29.3 Å². The quantitative estimate of drug-likeness (QED) is 0.672. The van der Waals surface area contributed by atoms with E-state index in [9.17, 15) is 0 Å². The molecule has 0 aromatic heterocycles. The van der Waals surface area contributed by atoms with Gasteiger partial charge in [-0.25, -0.2) is 0 Å². The molecule has 0 radical (unpaired) electrons. The van der Waals surface area contributed by atoms with Crippen LogP contribution in [0.2, 0.25) is 0 Å². The van der Waals surface area contributed by atoms with Gasteiger partial charge in [0.15, 0.2) is 5.96 Å². The van der Waals surface area contributed by atoms with Crippen LogP contribution in [0.5, 0.6) is 0 Å². The van der Waals surface area contributed by atoms with Crippen molar-refractivity contribution < 1.29 is 9.47 Å². The molecule has 1 aromatic rings. The summed E-state index contributed by atoms with van der Waals surface area (Å²) in [5.41, 5.74) is 3.14. The molecule has 1 N–H and O–H groups in total. The normalized spacial score (nSPS) is 31.6. The Bertz CT molecular complexity index is 616. The van der Waals surface area contributed by atoms with Gasteiger partial charge in [-0.05, 0) is 35.3 Å². The Balaban J connectivity index is 1.31. The van der Waals surface area contributed by atoms with E-state index in [1.54, 1.807) is 18.2 Å². The topological polar surface area (TPSA) is 46.1 Å². The van der Waals surface area contributed by atoms with E-state index in [1.807, 2.05) is 7.05 Å². The molecular weight excluding hydrogens is 302 g/mol. The van der Waals surface area contributed by atoms with E-state index in [0.29, 0.717) is 6.61 Å². The maximum absolute atomic E-state index is 5.73. The van der Waals surface area contributed by atoms with Gasteiger partial charge in [0.05, 0.1) is 19.3 Å².